The van der Waals surface area contributed by atoms with Crippen LogP contribution < -0.4 is 0 Å². The third-order valence-corrected chi connectivity index (χ3v) is 2.35. The molecule has 0 aromatic heterocycles. The van der Waals surface area contributed by atoms with Gasteiger partial charge >= 0.3 is 0 Å². The summed E-state index contributed by atoms with van der Waals surface area (Å²) in [5, 5.41) is 18.9. The van der Waals surface area contributed by atoms with Crippen LogP contribution in [0.1, 0.15) is 13.3 Å². The van der Waals surface area contributed by atoms with Crippen LogP contribution in [0.15, 0.2) is 0 Å². The Labute approximate surface area is 72.7 Å². The molecular formula is C8H17NO3. The second kappa shape index (κ2) is 3.70. The predicted molar refractivity (Wildman–Crippen MR) is 44.7 cm³/mol. The molecule has 1 saturated heterocycles. The van der Waals surface area contributed by atoms with Gasteiger partial charge in [-0.25, -0.2) is 0 Å². The molecule has 0 aromatic carbocycles. The van der Waals surface area contributed by atoms with Gasteiger partial charge in [0.15, 0.2) is 6.29 Å². The lowest BCUT2D eigenvalue weighted by atomic mass is 9.99. The lowest BCUT2D eigenvalue weighted by Gasteiger charge is -2.39. The predicted octanol–water partition coefficient (Wildman–Crippen LogP) is -0.595. The van der Waals surface area contributed by atoms with Crippen LogP contribution in [0.5, 0.6) is 0 Å². The molecule has 12 heavy (non-hydrogen) atoms. The smallest absolute Gasteiger partial charge is 0.156 e. The van der Waals surface area contributed by atoms with E-state index in [0.29, 0.717) is 6.42 Å². The average molecular weight is 175 g/mol. The van der Waals surface area contributed by atoms with Gasteiger partial charge in [-0.05, 0) is 21.0 Å². The fourth-order valence-electron chi connectivity index (χ4n) is 1.56. The first-order valence-corrected chi connectivity index (χ1v) is 4.20. The van der Waals surface area contributed by atoms with Crippen molar-refractivity contribution in [2.24, 2.45) is 0 Å². The highest BCUT2D eigenvalue weighted by Gasteiger charge is 2.35. The number of ether oxygens (including phenoxy) is 1. The van der Waals surface area contributed by atoms with E-state index < -0.39 is 12.4 Å². The lowest BCUT2D eigenvalue weighted by Crippen LogP contribution is -2.52. The molecule has 0 aliphatic carbocycles. The fourth-order valence-corrected chi connectivity index (χ4v) is 1.56. The van der Waals surface area contributed by atoms with Crippen molar-refractivity contribution in [2.75, 3.05) is 14.1 Å². The van der Waals surface area contributed by atoms with Gasteiger partial charge in [0, 0.05) is 12.5 Å². The van der Waals surface area contributed by atoms with Crippen molar-refractivity contribution < 1.29 is 14.9 Å². The second-order valence-electron chi connectivity index (χ2n) is 3.55. The fraction of sp³-hybridized carbons (Fsp3) is 1.00. The Morgan fingerprint density at radius 2 is 1.92 bits per heavy atom. The maximum Gasteiger partial charge on any atom is 0.156 e. The number of nitrogens with zero attached hydrogens (tertiary/aromatic N) is 1. The summed E-state index contributed by atoms with van der Waals surface area (Å²) in [4.78, 5) is 1.91. The van der Waals surface area contributed by atoms with Crippen molar-refractivity contribution in [3.8, 4) is 0 Å². The van der Waals surface area contributed by atoms with Crippen molar-refractivity contribution in [3.05, 3.63) is 0 Å². The van der Waals surface area contributed by atoms with E-state index in [-0.39, 0.29) is 12.1 Å². The van der Waals surface area contributed by atoms with E-state index in [4.69, 9.17) is 4.74 Å². The molecule has 2 N–H and O–H groups in total. The lowest BCUT2D eigenvalue weighted by molar-refractivity contribution is -0.212. The molecule has 0 spiro atoms. The normalized spacial score (nSPS) is 43.5. The summed E-state index contributed by atoms with van der Waals surface area (Å²) >= 11 is 0. The molecule has 1 unspecified atom stereocenters. The molecule has 72 valence electrons. The first kappa shape index (κ1) is 9.92. The number of hydrogen-bond acceptors (Lipinski definition) is 4. The van der Waals surface area contributed by atoms with E-state index in [9.17, 15) is 10.2 Å². The molecule has 0 saturated carbocycles. The third kappa shape index (κ3) is 1.95. The third-order valence-electron chi connectivity index (χ3n) is 2.35. The summed E-state index contributed by atoms with van der Waals surface area (Å²) in [6.45, 7) is 1.77. The quantitative estimate of drug-likeness (QED) is 0.559. The van der Waals surface area contributed by atoms with Crippen LogP contribution in [-0.4, -0.2) is 53.7 Å². The molecule has 1 rings (SSSR count). The van der Waals surface area contributed by atoms with Crippen LogP contribution in [-0.2, 0) is 4.74 Å². The van der Waals surface area contributed by atoms with Gasteiger partial charge in [-0.1, -0.05) is 0 Å². The monoisotopic (exact) mass is 175 g/mol. The first-order valence-electron chi connectivity index (χ1n) is 4.20. The zero-order valence-electron chi connectivity index (χ0n) is 7.77. The van der Waals surface area contributed by atoms with Crippen molar-refractivity contribution in [2.45, 2.75) is 37.9 Å². The van der Waals surface area contributed by atoms with Crippen LogP contribution in [0.4, 0.5) is 0 Å². The molecule has 1 aliphatic heterocycles. The molecule has 0 bridgehead atoms. The standard InChI is InChI=1S/C8H17NO3/c1-5-8(11)6(9(2)3)4-7(10)12-5/h5-8,10-11H,4H2,1-3H3/t5-,6?,7-,8-/m1/s1. The van der Waals surface area contributed by atoms with E-state index in [1.54, 1.807) is 6.92 Å². The summed E-state index contributed by atoms with van der Waals surface area (Å²) < 4.78 is 5.06. The van der Waals surface area contributed by atoms with Crippen LogP contribution in [0, 0.1) is 0 Å². The van der Waals surface area contributed by atoms with Crippen molar-refractivity contribution in [1.29, 1.82) is 0 Å². The Morgan fingerprint density at radius 3 is 2.42 bits per heavy atom. The minimum absolute atomic E-state index is 0.0104. The Hall–Kier alpha value is -0.160. The SMILES string of the molecule is C[C@H]1O[C@@H](O)CC(N(C)C)[C@@H]1O. The highest BCUT2D eigenvalue weighted by atomic mass is 16.6. The number of hydrogen-bond donors (Lipinski definition) is 2. The summed E-state index contributed by atoms with van der Waals surface area (Å²) in [6.07, 6.45) is -1.07. The second-order valence-corrected chi connectivity index (χ2v) is 3.55. The first-order chi connectivity index (χ1) is 5.52. The van der Waals surface area contributed by atoms with Crippen LogP contribution in [0.25, 0.3) is 0 Å². The average Bonchev–Trinajstić information content (AvgIpc) is 1.96. The largest absolute Gasteiger partial charge is 0.389 e. The maximum atomic E-state index is 9.65. The topological polar surface area (TPSA) is 52.9 Å². The van der Waals surface area contributed by atoms with Gasteiger partial charge in [0.1, 0.15) is 0 Å². The molecule has 1 aliphatic rings. The minimum atomic E-state index is -0.740. The van der Waals surface area contributed by atoms with E-state index >= 15 is 0 Å². The molecule has 0 aromatic rings. The van der Waals surface area contributed by atoms with Crippen LogP contribution in [0.3, 0.4) is 0 Å². The summed E-state index contributed by atoms with van der Waals surface area (Å²) in [7, 11) is 3.78. The molecule has 0 radical (unpaired) electrons. The van der Waals surface area contributed by atoms with Gasteiger partial charge in [-0.2, -0.15) is 0 Å². The van der Waals surface area contributed by atoms with Crippen molar-refractivity contribution in [3.63, 3.8) is 0 Å². The van der Waals surface area contributed by atoms with E-state index in [0.717, 1.165) is 0 Å². The Bertz CT molecular complexity index is 151. The van der Waals surface area contributed by atoms with Gasteiger partial charge in [-0.3, -0.25) is 0 Å². The molecule has 4 nitrogen and oxygen atoms in total. The molecule has 1 fully saturated rings. The van der Waals surface area contributed by atoms with Crippen molar-refractivity contribution in [1.82, 2.24) is 4.90 Å². The highest BCUT2D eigenvalue weighted by molar-refractivity contribution is 4.85. The summed E-state index contributed by atoms with van der Waals surface area (Å²) in [6, 6.07) is -0.0104. The van der Waals surface area contributed by atoms with Gasteiger partial charge in [0.25, 0.3) is 0 Å². The summed E-state index contributed by atoms with van der Waals surface area (Å²) in [5.74, 6) is 0. The van der Waals surface area contributed by atoms with Crippen LogP contribution in [0.2, 0.25) is 0 Å². The van der Waals surface area contributed by atoms with Crippen molar-refractivity contribution >= 4 is 0 Å². The minimum Gasteiger partial charge on any atom is -0.389 e. The van der Waals surface area contributed by atoms with Gasteiger partial charge in [-0.15, -0.1) is 0 Å². The van der Waals surface area contributed by atoms with E-state index in [2.05, 4.69) is 0 Å². The van der Waals surface area contributed by atoms with Gasteiger partial charge < -0.3 is 19.8 Å². The number of rotatable bonds is 1. The highest BCUT2D eigenvalue weighted by Crippen LogP contribution is 2.21. The molecule has 1 heterocycles. The number of aliphatic hydroxyl groups excluding tert-OH is 2. The van der Waals surface area contributed by atoms with Gasteiger partial charge in [0.2, 0.25) is 0 Å². The van der Waals surface area contributed by atoms with E-state index in [1.165, 1.54) is 0 Å². The van der Waals surface area contributed by atoms with Gasteiger partial charge in [0.05, 0.1) is 12.2 Å². The molecular weight excluding hydrogens is 158 g/mol. The molecule has 4 heteroatoms. The molecule has 4 atom stereocenters. The maximum absolute atomic E-state index is 9.65. The summed E-state index contributed by atoms with van der Waals surface area (Å²) in [5.41, 5.74) is 0. The molecule has 0 amide bonds. The number of aliphatic hydroxyl groups is 2. The van der Waals surface area contributed by atoms with Crippen LogP contribution >= 0.6 is 0 Å². The zero-order valence-corrected chi connectivity index (χ0v) is 7.77. The van der Waals surface area contributed by atoms with E-state index in [1.807, 2.05) is 19.0 Å². The zero-order chi connectivity index (χ0) is 9.30. The number of likely N-dealkylation sites (N-methyl/N-ethyl adjacent to an activating group) is 1. The Balaban J connectivity index is 2.60. The Kier molecular flexibility index (Phi) is 3.06. The Morgan fingerprint density at radius 1 is 1.33 bits per heavy atom.